The van der Waals surface area contributed by atoms with Crippen LogP contribution in [0.5, 0.6) is 23.0 Å². The molecule has 0 fully saturated rings. The van der Waals surface area contributed by atoms with E-state index in [4.69, 9.17) is 9.47 Å². The smallest absolute Gasteiger partial charge is 0.146 e. The number of fused-ring (bicyclic) bond motifs is 2. The summed E-state index contributed by atoms with van der Waals surface area (Å²) in [7, 11) is 3.24. The van der Waals surface area contributed by atoms with Gasteiger partial charge in [0.15, 0.2) is 0 Å². The lowest BCUT2D eigenvalue weighted by molar-refractivity contribution is 0.414. The van der Waals surface area contributed by atoms with Crippen molar-refractivity contribution in [3.05, 3.63) is 104 Å². The number of hydrogen-bond acceptors (Lipinski definition) is 6. The van der Waals surface area contributed by atoms with Gasteiger partial charge in [-0.05, 0) is 112 Å². The maximum absolute atomic E-state index is 10.2. The van der Waals surface area contributed by atoms with Crippen LogP contribution in [0.3, 0.4) is 0 Å². The van der Waals surface area contributed by atoms with E-state index in [1.165, 1.54) is 0 Å². The Kier molecular flexibility index (Phi) is 8.59. The number of phenols is 2. The van der Waals surface area contributed by atoms with Crippen molar-refractivity contribution in [2.24, 2.45) is 0 Å². The van der Waals surface area contributed by atoms with E-state index >= 15 is 0 Å². The fourth-order valence-corrected chi connectivity index (χ4v) is 6.58. The lowest BCUT2D eigenvalue weighted by Crippen LogP contribution is -1.97. The number of hydrogen-bond donors (Lipinski definition) is 2. The molecule has 10 heteroatoms. The van der Waals surface area contributed by atoms with Gasteiger partial charge in [-0.1, -0.05) is 0 Å². The maximum atomic E-state index is 10.2. The van der Waals surface area contributed by atoms with Crippen LogP contribution in [0.2, 0.25) is 0 Å². The molecule has 0 aliphatic rings. The second kappa shape index (κ2) is 12.4. The number of nitrogens with zero attached hydrogens (tertiary/aromatic N) is 4. The highest BCUT2D eigenvalue weighted by atomic mass is 79.9. The van der Waals surface area contributed by atoms with Gasteiger partial charge in [-0.15, -0.1) is 0 Å². The summed E-state index contributed by atoms with van der Waals surface area (Å²) in [5, 5.41) is 40.5. The summed E-state index contributed by atoms with van der Waals surface area (Å²) in [6.45, 7) is 3.79. The van der Waals surface area contributed by atoms with Gasteiger partial charge >= 0.3 is 0 Å². The summed E-state index contributed by atoms with van der Waals surface area (Å²) in [4.78, 5) is 0. The molecule has 0 amide bonds. The number of ether oxygens (including phenoxy) is 2. The van der Waals surface area contributed by atoms with Crippen molar-refractivity contribution in [1.29, 1.82) is 10.5 Å². The molecule has 0 saturated carbocycles. The molecule has 0 bridgehead atoms. The van der Waals surface area contributed by atoms with Crippen molar-refractivity contribution in [3.63, 3.8) is 0 Å². The highest BCUT2D eigenvalue weighted by molar-refractivity contribution is 9.11. The van der Waals surface area contributed by atoms with Gasteiger partial charge in [0.2, 0.25) is 0 Å². The second-order valence-electron chi connectivity index (χ2n) is 9.83. The summed E-state index contributed by atoms with van der Waals surface area (Å²) < 4.78 is 15.4. The predicted molar refractivity (Wildman–Crippen MR) is 177 cm³/mol. The molecular weight excluding hydrogens is 688 g/mol. The fraction of sp³-hybridized carbons (Fsp3) is 0.118. The zero-order valence-corrected chi connectivity index (χ0v) is 27.4. The minimum atomic E-state index is 0.106. The van der Waals surface area contributed by atoms with Crippen LogP contribution in [0.1, 0.15) is 22.5 Å². The molecule has 4 aromatic carbocycles. The molecule has 6 aromatic rings. The number of aromatic nitrogens is 2. The molecule has 0 unspecified atom stereocenters. The number of phenolic OH excluding ortho intramolecular Hbond substituents is 2. The van der Waals surface area contributed by atoms with Gasteiger partial charge in [0, 0.05) is 39.6 Å². The van der Waals surface area contributed by atoms with E-state index in [1.807, 2.05) is 71.5 Å². The summed E-state index contributed by atoms with van der Waals surface area (Å²) in [6, 6.07) is 26.5. The third-order valence-electron chi connectivity index (χ3n) is 7.43. The van der Waals surface area contributed by atoms with Gasteiger partial charge in [-0.2, -0.15) is 10.5 Å². The molecule has 0 saturated heterocycles. The fourth-order valence-electron chi connectivity index (χ4n) is 5.29. The van der Waals surface area contributed by atoms with Crippen molar-refractivity contribution in [1.82, 2.24) is 9.13 Å². The monoisotopic (exact) mass is 712 g/mol. The van der Waals surface area contributed by atoms with Crippen LogP contribution >= 0.6 is 31.9 Å². The molecule has 44 heavy (non-hydrogen) atoms. The Balaban J connectivity index is 0.000000175. The highest BCUT2D eigenvalue weighted by Crippen LogP contribution is 2.43. The summed E-state index contributed by atoms with van der Waals surface area (Å²) in [6.07, 6.45) is 0. The normalized spacial score (nSPS) is 10.6. The lowest BCUT2D eigenvalue weighted by Gasteiger charge is -2.11. The van der Waals surface area contributed by atoms with Crippen molar-refractivity contribution >= 4 is 53.7 Å². The maximum Gasteiger partial charge on any atom is 0.146 e. The average Bonchev–Trinajstić information content (AvgIpc) is 3.48. The topological polar surface area (TPSA) is 116 Å². The quantitative estimate of drug-likeness (QED) is 0.189. The van der Waals surface area contributed by atoms with Gasteiger partial charge in [0.25, 0.3) is 0 Å². The zero-order valence-electron chi connectivity index (χ0n) is 24.2. The molecule has 0 aliphatic heterocycles. The van der Waals surface area contributed by atoms with E-state index in [9.17, 15) is 20.7 Å². The Labute approximate surface area is 270 Å². The van der Waals surface area contributed by atoms with Gasteiger partial charge in [0.05, 0.1) is 45.3 Å². The second-order valence-corrected chi connectivity index (χ2v) is 11.5. The Hall–Kier alpha value is -4.90. The Morgan fingerprint density at radius 1 is 0.682 bits per heavy atom. The number of benzene rings is 4. The van der Waals surface area contributed by atoms with Crippen LogP contribution in [0.25, 0.3) is 33.2 Å². The first-order chi connectivity index (χ1) is 21.1. The van der Waals surface area contributed by atoms with Gasteiger partial charge in [0.1, 0.15) is 35.1 Å². The minimum absolute atomic E-state index is 0.106. The first-order valence-electron chi connectivity index (χ1n) is 13.3. The van der Waals surface area contributed by atoms with E-state index in [0.717, 1.165) is 56.1 Å². The summed E-state index contributed by atoms with van der Waals surface area (Å²) >= 11 is 6.77. The Morgan fingerprint density at radius 2 is 1.18 bits per heavy atom. The summed E-state index contributed by atoms with van der Waals surface area (Å²) in [5.74, 6) is 1.82. The number of aromatic hydroxyl groups is 2. The first-order valence-corrected chi connectivity index (χ1v) is 14.9. The molecule has 6 rings (SSSR count). The molecule has 0 atom stereocenters. The van der Waals surface area contributed by atoms with Crippen LogP contribution in [-0.4, -0.2) is 33.6 Å². The largest absolute Gasteiger partial charge is 0.508 e. The standard InChI is InChI=1S/C17H12Br2N2O2.C17H14N2O2/c1-9-13(8-20)12-7-14(18)17(22)15(19)16(12)21(9)10-3-5-11(23-2)6-4-10;1-11-16(10-18)15-8-5-13(20)9-17(15)19(11)12-3-6-14(21-2)7-4-12/h3-7,22H,1-2H3;3-9,20H,1-2H3. The van der Waals surface area contributed by atoms with Crippen molar-refractivity contribution in [2.75, 3.05) is 14.2 Å². The van der Waals surface area contributed by atoms with Crippen LogP contribution in [0.15, 0.2) is 81.7 Å². The lowest BCUT2D eigenvalue weighted by atomic mass is 10.1. The molecule has 2 aromatic heterocycles. The van der Waals surface area contributed by atoms with Crippen molar-refractivity contribution < 1.29 is 19.7 Å². The summed E-state index contributed by atoms with van der Waals surface area (Å²) in [5.41, 5.74) is 6.24. The van der Waals surface area contributed by atoms with Crippen molar-refractivity contribution in [2.45, 2.75) is 13.8 Å². The molecule has 2 heterocycles. The first kappa shape index (κ1) is 30.6. The molecule has 0 spiro atoms. The van der Waals surface area contributed by atoms with Gasteiger partial charge in [-0.3, -0.25) is 0 Å². The van der Waals surface area contributed by atoms with Gasteiger partial charge in [-0.25, -0.2) is 0 Å². The van der Waals surface area contributed by atoms with Crippen LogP contribution in [0.4, 0.5) is 0 Å². The third-order valence-corrected chi connectivity index (χ3v) is 8.79. The number of methoxy groups -OCH3 is 2. The SMILES string of the molecule is COc1ccc(-n2c(C)c(C#N)c3cc(Br)c(O)c(Br)c32)cc1.COc1ccc(-n2c(C)c(C#N)c3ccc(O)cc32)cc1. The van der Waals surface area contributed by atoms with E-state index in [0.29, 0.717) is 20.1 Å². The molecular formula is C34H26Br2N4O4. The Morgan fingerprint density at radius 3 is 1.70 bits per heavy atom. The molecule has 0 aliphatic carbocycles. The number of halogens is 2. The predicted octanol–water partition coefficient (Wildman–Crippen LogP) is 8.57. The van der Waals surface area contributed by atoms with E-state index < -0.39 is 0 Å². The number of nitriles is 2. The molecule has 2 N–H and O–H groups in total. The van der Waals surface area contributed by atoms with E-state index in [2.05, 4.69) is 44.0 Å². The van der Waals surface area contributed by atoms with Gasteiger partial charge < -0.3 is 28.8 Å². The molecule has 8 nitrogen and oxygen atoms in total. The van der Waals surface area contributed by atoms with Crippen LogP contribution in [-0.2, 0) is 0 Å². The average molecular weight is 714 g/mol. The molecule has 0 radical (unpaired) electrons. The third kappa shape index (κ3) is 5.24. The zero-order chi connectivity index (χ0) is 31.7. The van der Waals surface area contributed by atoms with E-state index in [-0.39, 0.29) is 11.5 Å². The van der Waals surface area contributed by atoms with Crippen molar-refractivity contribution in [3.8, 4) is 46.5 Å². The highest BCUT2D eigenvalue weighted by Gasteiger charge is 2.21. The Bertz CT molecular complexity index is 2120. The minimum Gasteiger partial charge on any atom is -0.508 e. The number of rotatable bonds is 4. The van der Waals surface area contributed by atoms with E-state index in [1.54, 1.807) is 38.5 Å². The molecule has 220 valence electrons. The van der Waals surface area contributed by atoms with Crippen LogP contribution in [0, 0.1) is 36.5 Å². The van der Waals surface area contributed by atoms with Crippen LogP contribution < -0.4 is 9.47 Å².